The largest absolute Gasteiger partial charge is 0.497 e. The third kappa shape index (κ3) is 4.46. The molecule has 7 nitrogen and oxygen atoms in total. The van der Waals surface area contributed by atoms with E-state index in [-0.39, 0.29) is 17.5 Å². The third-order valence-electron chi connectivity index (χ3n) is 4.58. The van der Waals surface area contributed by atoms with Gasteiger partial charge in [0.2, 0.25) is 5.91 Å². The number of methoxy groups -OCH3 is 2. The van der Waals surface area contributed by atoms with E-state index in [4.69, 9.17) is 9.47 Å². The maximum absolute atomic E-state index is 13.6. The summed E-state index contributed by atoms with van der Waals surface area (Å²) in [6.07, 6.45) is 3.20. The number of anilines is 1. The Balaban J connectivity index is 1.52. The lowest BCUT2D eigenvalue weighted by atomic mass is 10.1. The summed E-state index contributed by atoms with van der Waals surface area (Å²) in [5.74, 6) is 0.728. The molecule has 0 spiro atoms. The molecular weight excluding hydrogens is 419 g/mol. The molecule has 31 heavy (non-hydrogen) atoms. The van der Waals surface area contributed by atoms with Crippen LogP contribution < -0.4 is 14.8 Å². The predicted molar refractivity (Wildman–Crippen MR) is 118 cm³/mol. The van der Waals surface area contributed by atoms with Crippen LogP contribution in [0, 0.1) is 5.82 Å². The maximum Gasteiger partial charge on any atom is 0.234 e. The normalized spacial score (nSPS) is 10.8. The zero-order valence-electron chi connectivity index (χ0n) is 16.8. The number of hydrogen-bond donors (Lipinski definition) is 2. The van der Waals surface area contributed by atoms with Crippen LogP contribution >= 0.6 is 11.8 Å². The molecule has 2 aromatic carbocycles. The first-order chi connectivity index (χ1) is 15.1. The number of aromatic amines is 1. The van der Waals surface area contributed by atoms with Crippen LogP contribution in [0.1, 0.15) is 0 Å². The van der Waals surface area contributed by atoms with Gasteiger partial charge in [0, 0.05) is 17.8 Å². The molecule has 0 saturated heterocycles. The van der Waals surface area contributed by atoms with Gasteiger partial charge >= 0.3 is 0 Å². The van der Waals surface area contributed by atoms with Crippen molar-refractivity contribution in [1.82, 2.24) is 15.0 Å². The number of halogens is 1. The highest BCUT2D eigenvalue weighted by molar-refractivity contribution is 8.00. The lowest BCUT2D eigenvalue weighted by Crippen LogP contribution is -2.15. The molecule has 0 unspecified atom stereocenters. The minimum Gasteiger partial charge on any atom is -0.497 e. The number of benzene rings is 2. The van der Waals surface area contributed by atoms with Crippen molar-refractivity contribution in [2.45, 2.75) is 5.03 Å². The molecule has 4 rings (SSSR count). The van der Waals surface area contributed by atoms with Crippen molar-refractivity contribution in [3.05, 3.63) is 60.8 Å². The number of thioether (sulfide) groups is 1. The number of H-pyrrole nitrogens is 1. The highest BCUT2D eigenvalue weighted by Crippen LogP contribution is 2.32. The number of nitrogens with zero attached hydrogens (tertiary/aromatic N) is 2. The zero-order chi connectivity index (χ0) is 21.8. The number of ether oxygens (including phenoxy) is 2. The summed E-state index contributed by atoms with van der Waals surface area (Å²) in [4.78, 5) is 24.3. The molecule has 9 heteroatoms. The number of carbonyl (C=O) groups excluding carboxylic acids is 1. The standard InChI is InChI=1S/C22H19FN4O3S/c1-29-15-6-7-18(30-2)17(9-15)27-19(28)11-31-22-21-20(25-12-26-22)16(10-24-21)13-4-3-5-14(23)8-13/h3-10,12,24H,11H2,1-2H3,(H,27,28). The number of rotatable bonds is 7. The first kappa shape index (κ1) is 20.7. The van der Waals surface area contributed by atoms with Crippen LogP contribution in [0.25, 0.3) is 22.2 Å². The quantitative estimate of drug-likeness (QED) is 0.326. The van der Waals surface area contributed by atoms with Crippen LogP contribution in [0.2, 0.25) is 0 Å². The minimum atomic E-state index is -0.319. The molecule has 0 saturated carbocycles. The fraction of sp³-hybridized carbons (Fsp3) is 0.136. The van der Waals surface area contributed by atoms with Crippen molar-refractivity contribution in [3.8, 4) is 22.6 Å². The smallest absolute Gasteiger partial charge is 0.234 e. The van der Waals surface area contributed by atoms with Crippen LogP contribution in [0.3, 0.4) is 0 Å². The topological polar surface area (TPSA) is 89.1 Å². The van der Waals surface area contributed by atoms with Gasteiger partial charge in [0.1, 0.15) is 34.2 Å². The second kappa shape index (κ2) is 9.05. The van der Waals surface area contributed by atoms with Crippen LogP contribution in [-0.2, 0) is 4.79 Å². The summed E-state index contributed by atoms with van der Waals surface area (Å²) in [5, 5.41) is 3.46. The molecule has 158 valence electrons. The van der Waals surface area contributed by atoms with E-state index in [0.717, 1.165) is 5.56 Å². The molecule has 0 aliphatic carbocycles. The number of hydrogen-bond acceptors (Lipinski definition) is 6. The third-order valence-corrected chi connectivity index (χ3v) is 5.57. The van der Waals surface area contributed by atoms with Crippen LogP contribution in [0.4, 0.5) is 10.1 Å². The minimum absolute atomic E-state index is 0.126. The first-order valence-corrected chi connectivity index (χ1v) is 10.3. The zero-order valence-corrected chi connectivity index (χ0v) is 17.6. The van der Waals surface area contributed by atoms with E-state index < -0.39 is 0 Å². The fourth-order valence-electron chi connectivity index (χ4n) is 3.13. The molecule has 0 atom stereocenters. The van der Waals surface area contributed by atoms with Crippen molar-refractivity contribution >= 4 is 34.4 Å². The van der Waals surface area contributed by atoms with Gasteiger partial charge in [-0.15, -0.1) is 0 Å². The predicted octanol–water partition coefficient (Wildman–Crippen LogP) is 4.51. The van der Waals surface area contributed by atoms with Gasteiger partial charge in [-0.25, -0.2) is 14.4 Å². The van der Waals surface area contributed by atoms with Crippen LogP contribution in [-0.4, -0.2) is 40.8 Å². The molecule has 2 heterocycles. The summed E-state index contributed by atoms with van der Waals surface area (Å²) in [6, 6.07) is 11.5. The van der Waals surface area contributed by atoms with E-state index in [9.17, 15) is 9.18 Å². The van der Waals surface area contributed by atoms with Gasteiger partial charge in [0.15, 0.2) is 0 Å². The Morgan fingerprint density at radius 2 is 2.03 bits per heavy atom. The molecule has 4 aromatic rings. The van der Waals surface area contributed by atoms with E-state index >= 15 is 0 Å². The van der Waals surface area contributed by atoms with Crippen molar-refractivity contribution < 1.29 is 18.7 Å². The molecule has 0 aliphatic rings. The molecule has 0 radical (unpaired) electrons. The van der Waals surface area contributed by atoms with E-state index in [2.05, 4.69) is 20.3 Å². The SMILES string of the molecule is COc1ccc(OC)c(NC(=O)CSc2ncnc3c(-c4cccc(F)c4)c[nH]c23)c1. The average Bonchev–Trinajstić information content (AvgIpc) is 3.22. The molecule has 0 fully saturated rings. The number of nitrogens with one attached hydrogen (secondary N) is 2. The average molecular weight is 438 g/mol. The van der Waals surface area contributed by atoms with Gasteiger partial charge in [-0.1, -0.05) is 23.9 Å². The number of fused-ring (bicyclic) bond motifs is 1. The van der Waals surface area contributed by atoms with E-state index in [0.29, 0.717) is 38.8 Å². The number of amides is 1. The van der Waals surface area contributed by atoms with Crippen LogP contribution in [0.5, 0.6) is 11.5 Å². The Bertz CT molecular complexity index is 1240. The Kier molecular flexibility index (Phi) is 6.03. The van der Waals surface area contributed by atoms with E-state index in [1.54, 1.807) is 37.6 Å². The Hall–Kier alpha value is -3.59. The monoisotopic (exact) mass is 438 g/mol. The van der Waals surface area contributed by atoms with Gasteiger partial charge in [-0.2, -0.15) is 0 Å². The first-order valence-electron chi connectivity index (χ1n) is 9.31. The van der Waals surface area contributed by atoms with Crippen molar-refractivity contribution in [1.29, 1.82) is 0 Å². The Morgan fingerprint density at radius 1 is 1.16 bits per heavy atom. The van der Waals surface area contributed by atoms with Gasteiger partial charge < -0.3 is 19.8 Å². The molecule has 2 aromatic heterocycles. The Labute approximate surface area is 182 Å². The van der Waals surface area contributed by atoms with E-state index in [1.807, 2.05) is 6.07 Å². The molecule has 0 bridgehead atoms. The second-order valence-electron chi connectivity index (χ2n) is 6.52. The van der Waals surface area contributed by atoms with Crippen LogP contribution in [0.15, 0.2) is 60.0 Å². The molecule has 2 N–H and O–H groups in total. The molecule has 0 aliphatic heterocycles. The molecule has 1 amide bonds. The summed E-state index contributed by atoms with van der Waals surface area (Å²) in [5.41, 5.74) is 3.36. The summed E-state index contributed by atoms with van der Waals surface area (Å²) < 4.78 is 24.1. The van der Waals surface area contributed by atoms with Crippen molar-refractivity contribution in [2.75, 3.05) is 25.3 Å². The van der Waals surface area contributed by atoms with Gasteiger partial charge in [-0.3, -0.25) is 4.79 Å². The van der Waals surface area contributed by atoms with Gasteiger partial charge in [0.25, 0.3) is 0 Å². The van der Waals surface area contributed by atoms with Crippen molar-refractivity contribution in [3.63, 3.8) is 0 Å². The summed E-state index contributed by atoms with van der Waals surface area (Å²) >= 11 is 1.27. The second-order valence-corrected chi connectivity index (χ2v) is 7.48. The highest BCUT2D eigenvalue weighted by Gasteiger charge is 2.15. The maximum atomic E-state index is 13.6. The summed E-state index contributed by atoms with van der Waals surface area (Å²) in [6.45, 7) is 0. The summed E-state index contributed by atoms with van der Waals surface area (Å²) in [7, 11) is 3.09. The number of aromatic nitrogens is 3. The Morgan fingerprint density at radius 3 is 2.81 bits per heavy atom. The fourth-order valence-corrected chi connectivity index (χ4v) is 3.90. The van der Waals surface area contributed by atoms with E-state index in [1.165, 1.54) is 37.3 Å². The van der Waals surface area contributed by atoms with Gasteiger partial charge in [-0.05, 0) is 29.8 Å². The van der Waals surface area contributed by atoms with Gasteiger partial charge in [0.05, 0.1) is 31.2 Å². The lowest BCUT2D eigenvalue weighted by Gasteiger charge is -2.11. The van der Waals surface area contributed by atoms with Crippen molar-refractivity contribution in [2.24, 2.45) is 0 Å². The molecular formula is C22H19FN4O3S. The lowest BCUT2D eigenvalue weighted by molar-refractivity contribution is -0.113. The highest BCUT2D eigenvalue weighted by atomic mass is 32.2. The number of carbonyl (C=O) groups is 1.